The van der Waals surface area contributed by atoms with Gasteiger partial charge in [0.05, 0.1) is 12.3 Å². The van der Waals surface area contributed by atoms with Gasteiger partial charge in [-0.1, -0.05) is 30.3 Å². The molecule has 25 heavy (non-hydrogen) atoms. The lowest BCUT2D eigenvalue weighted by atomic mass is 10.1. The maximum Gasteiger partial charge on any atom is 0.237 e. The van der Waals surface area contributed by atoms with Crippen molar-refractivity contribution in [3.8, 4) is 0 Å². The minimum Gasteiger partial charge on any atom is -0.339 e. The minimum absolute atomic E-state index is 0.00666. The lowest BCUT2D eigenvalue weighted by Crippen LogP contribution is -2.52. The van der Waals surface area contributed by atoms with Gasteiger partial charge in [-0.25, -0.2) is 13.1 Å². The molecule has 0 aliphatic carbocycles. The summed E-state index contributed by atoms with van der Waals surface area (Å²) in [5, 5.41) is 0. The van der Waals surface area contributed by atoms with Crippen LogP contribution in [0.2, 0.25) is 0 Å². The lowest BCUT2D eigenvalue weighted by molar-refractivity contribution is -0.137. The number of hydrogen-bond acceptors (Lipinski definition) is 4. The maximum absolute atomic E-state index is 12.1. The predicted octanol–water partition coefficient (Wildman–Crippen LogP) is 0.229. The Morgan fingerprint density at radius 1 is 1.04 bits per heavy atom. The first-order valence-corrected chi connectivity index (χ1v) is 10.1. The highest BCUT2D eigenvalue weighted by Gasteiger charge is 2.23. The van der Waals surface area contributed by atoms with Crippen molar-refractivity contribution in [1.29, 1.82) is 0 Å². The summed E-state index contributed by atoms with van der Waals surface area (Å²) in [6.45, 7) is 3.13. The van der Waals surface area contributed by atoms with Crippen molar-refractivity contribution in [2.24, 2.45) is 0 Å². The van der Waals surface area contributed by atoms with Crippen LogP contribution in [-0.2, 0) is 26.0 Å². The smallest absolute Gasteiger partial charge is 0.237 e. The molecule has 2 amide bonds. The fraction of sp³-hybridized carbons (Fsp3) is 0.529. The van der Waals surface area contributed by atoms with Crippen LogP contribution in [-0.4, -0.2) is 68.5 Å². The molecule has 1 aliphatic heterocycles. The molecule has 0 saturated carbocycles. The van der Waals surface area contributed by atoms with Gasteiger partial charge in [-0.15, -0.1) is 0 Å². The zero-order valence-electron chi connectivity index (χ0n) is 14.5. The Hall–Kier alpha value is -1.93. The van der Waals surface area contributed by atoms with Crippen molar-refractivity contribution in [3.63, 3.8) is 0 Å². The molecule has 1 fully saturated rings. The largest absolute Gasteiger partial charge is 0.339 e. The van der Waals surface area contributed by atoms with Crippen molar-refractivity contribution < 1.29 is 18.0 Å². The Labute approximate surface area is 149 Å². The van der Waals surface area contributed by atoms with Gasteiger partial charge in [0.15, 0.2) is 0 Å². The third-order valence-electron chi connectivity index (χ3n) is 4.24. The molecule has 0 spiro atoms. The van der Waals surface area contributed by atoms with Gasteiger partial charge in [0.25, 0.3) is 0 Å². The van der Waals surface area contributed by atoms with Crippen LogP contribution in [0.3, 0.4) is 0 Å². The molecule has 1 heterocycles. The van der Waals surface area contributed by atoms with E-state index in [1.807, 2.05) is 30.3 Å². The van der Waals surface area contributed by atoms with Crippen molar-refractivity contribution in [2.75, 3.05) is 38.5 Å². The van der Waals surface area contributed by atoms with Crippen LogP contribution < -0.4 is 4.72 Å². The predicted molar refractivity (Wildman–Crippen MR) is 95.4 cm³/mol. The number of amides is 2. The number of carbonyl (C=O) groups is 2. The fourth-order valence-corrected chi connectivity index (χ4v) is 3.75. The fourth-order valence-electron chi connectivity index (χ4n) is 2.74. The molecule has 1 N–H and O–H groups in total. The number of rotatable bonds is 7. The molecule has 1 aliphatic rings. The normalized spacial score (nSPS) is 15.2. The number of nitrogens with one attached hydrogen (secondary N) is 1. The van der Waals surface area contributed by atoms with Crippen LogP contribution in [0.5, 0.6) is 0 Å². The monoisotopic (exact) mass is 367 g/mol. The first-order chi connectivity index (χ1) is 11.9. The van der Waals surface area contributed by atoms with Gasteiger partial charge in [-0.05, 0) is 18.4 Å². The maximum atomic E-state index is 12.1. The van der Waals surface area contributed by atoms with Gasteiger partial charge >= 0.3 is 0 Å². The topological polar surface area (TPSA) is 86.8 Å². The summed E-state index contributed by atoms with van der Waals surface area (Å²) in [4.78, 5) is 26.6. The van der Waals surface area contributed by atoms with E-state index in [9.17, 15) is 18.0 Å². The second-order valence-electron chi connectivity index (χ2n) is 6.12. The molecule has 1 saturated heterocycles. The van der Waals surface area contributed by atoms with Gasteiger partial charge in [-0.3, -0.25) is 9.59 Å². The molecule has 0 aromatic heterocycles. The second kappa shape index (κ2) is 8.96. The molecule has 2 rings (SSSR count). The molecular formula is C17H25N3O4S. The highest BCUT2D eigenvalue weighted by Crippen LogP contribution is 2.05. The van der Waals surface area contributed by atoms with E-state index < -0.39 is 10.0 Å². The number of piperazine rings is 1. The molecule has 0 atom stereocenters. The zero-order valence-corrected chi connectivity index (χ0v) is 15.3. The van der Waals surface area contributed by atoms with E-state index in [-0.39, 0.29) is 24.1 Å². The highest BCUT2D eigenvalue weighted by atomic mass is 32.2. The Kier molecular flexibility index (Phi) is 6.95. The molecule has 7 nitrogen and oxygen atoms in total. The van der Waals surface area contributed by atoms with E-state index in [4.69, 9.17) is 0 Å². The molecule has 8 heteroatoms. The average Bonchev–Trinajstić information content (AvgIpc) is 2.60. The number of aryl methyl sites for hydroxylation is 1. The molecule has 1 aromatic carbocycles. The van der Waals surface area contributed by atoms with E-state index in [0.717, 1.165) is 5.56 Å². The van der Waals surface area contributed by atoms with E-state index in [2.05, 4.69) is 4.72 Å². The zero-order chi connectivity index (χ0) is 18.3. The number of benzene rings is 1. The Morgan fingerprint density at radius 2 is 1.64 bits per heavy atom. The van der Waals surface area contributed by atoms with Gasteiger partial charge in [-0.2, -0.15) is 0 Å². The Bertz CT molecular complexity index is 683. The summed E-state index contributed by atoms with van der Waals surface area (Å²) in [5.41, 5.74) is 1.09. The van der Waals surface area contributed by atoms with Gasteiger partial charge in [0.1, 0.15) is 0 Å². The van der Waals surface area contributed by atoms with Crippen LogP contribution in [0, 0.1) is 0 Å². The number of hydrogen-bond donors (Lipinski definition) is 1. The highest BCUT2D eigenvalue weighted by molar-refractivity contribution is 7.89. The van der Waals surface area contributed by atoms with Gasteiger partial charge < -0.3 is 9.80 Å². The minimum atomic E-state index is -3.47. The van der Waals surface area contributed by atoms with E-state index in [0.29, 0.717) is 39.0 Å². The van der Waals surface area contributed by atoms with E-state index >= 15 is 0 Å². The third kappa shape index (κ3) is 6.47. The summed E-state index contributed by atoms with van der Waals surface area (Å²) < 4.78 is 26.4. The standard InChI is InChI=1S/C17H25N3O4S/c1-15(21)19-9-11-20(12-10-19)17(22)14-18-25(23,24)13-5-8-16-6-3-2-4-7-16/h2-4,6-7,18H,5,8-14H2,1H3. The van der Waals surface area contributed by atoms with Crippen molar-refractivity contribution in [3.05, 3.63) is 35.9 Å². The van der Waals surface area contributed by atoms with Crippen molar-refractivity contribution in [1.82, 2.24) is 14.5 Å². The van der Waals surface area contributed by atoms with Crippen LogP contribution in [0.4, 0.5) is 0 Å². The van der Waals surface area contributed by atoms with Crippen molar-refractivity contribution >= 4 is 21.8 Å². The third-order valence-corrected chi connectivity index (χ3v) is 5.65. The number of carbonyl (C=O) groups excluding carboxylic acids is 2. The van der Waals surface area contributed by atoms with Gasteiger partial charge in [0.2, 0.25) is 21.8 Å². The molecule has 138 valence electrons. The number of sulfonamides is 1. The van der Waals surface area contributed by atoms with Crippen LogP contribution in [0.15, 0.2) is 30.3 Å². The summed E-state index contributed by atoms with van der Waals surface area (Å²) in [5.74, 6) is -0.270. The molecule has 1 aromatic rings. The lowest BCUT2D eigenvalue weighted by Gasteiger charge is -2.34. The summed E-state index contributed by atoms with van der Waals surface area (Å²) in [7, 11) is -3.47. The average molecular weight is 367 g/mol. The van der Waals surface area contributed by atoms with Crippen LogP contribution >= 0.6 is 0 Å². The van der Waals surface area contributed by atoms with Crippen LogP contribution in [0.1, 0.15) is 18.9 Å². The Balaban J connectivity index is 1.70. The SMILES string of the molecule is CC(=O)N1CCN(C(=O)CNS(=O)(=O)CCCc2ccccc2)CC1. The van der Waals surface area contributed by atoms with Gasteiger partial charge in [0, 0.05) is 33.1 Å². The first-order valence-electron chi connectivity index (χ1n) is 8.42. The summed E-state index contributed by atoms with van der Waals surface area (Å²) in [6.07, 6.45) is 1.19. The molecule has 0 bridgehead atoms. The molecular weight excluding hydrogens is 342 g/mol. The van der Waals surface area contributed by atoms with Crippen LogP contribution in [0.25, 0.3) is 0 Å². The second-order valence-corrected chi connectivity index (χ2v) is 8.04. The molecule has 0 radical (unpaired) electrons. The van der Waals surface area contributed by atoms with Crippen molar-refractivity contribution in [2.45, 2.75) is 19.8 Å². The van der Waals surface area contributed by atoms with E-state index in [1.165, 1.54) is 6.92 Å². The Morgan fingerprint density at radius 3 is 2.24 bits per heavy atom. The molecule has 0 unspecified atom stereocenters. The first kappa shape index (κ1) is 19.4. The number of nitrogens with zero attached hydrogens (tertiary/aromatic N) is 2. The van der Waals surface area contributed by atoms with E-state index in [1.54, 1.807) is 9.80 Å². The quantitative estimate of drug-likeness (QED) is 0.747. The summed E-state index contributed by atoms with van der Waals surface area (Å²) in [6, 6.07) is 9.69. The summed E-state index contributed by atoms with van der Waals surface area (Å²) >= 11 is 0.